The maximum Gasteiger partial charge on any atom is 0.228 e. The van der Waals surface area contributed by atoms with E-state index in [9.17, 15) is 4.79 Å². The molecule has 68 valence electrons. The van der Waals surface area contributed by atoms with Crippen molar-refractivity contribution >= 4 is 17.3 Å². The Labute approximate surface area is 76.1 Å². The molecular formula is C9H11N3O. The third-order valence-corrected chi connectivity index (χ3v) is 2.04. The Kier molecular flexibility index (Phi) is 1.90. The number of carbonyl (C=O) groups excluding carboxylic acids is 1. The SMILES string of the molecule is NCNc1ccc2c(c1)CC(=O)N2. The van der Waals surface area contributed by atoms with Gasteiger partial charge in [0.1, 0.15) is 0 Å². The first-order chi connectivity index (χ1) is 6.29. The lowest BCUT2D eigenvalue weighted by Crippen LogP contribution is -2.10. The van der Waals surface area contributed by atoms with Gasteiger partial charge in [-0.2, -0.15) is 0 Å². The summed E-state index contributed by atoms with van der Waals surface area (Å²) < 4.78 is 0. The number of amides is 1. The number of fused-ring (bicyclic) bond motifs is 1. The predicted molar refractivity (Wildman–Crippen MR) is 51.5 cm³/mol. The lowest BCUT2D eigenvalue weighted by atomic mass is 10.1. The highest BCUT2D eigenvalue weighted by molar-refractivity contribution is 5.99. The first-order valence-electron chi connectivity index (χ1n) is 4.16. The van der Waals surface area contributed by atoms with Crippen molar-refractivity contribution in [3.8, 4) is 0 Å². The Bertz CT molecular complexity index is 349. The van der Waals surface area contributed by atoms with Crippen LogP contribution in [0, 0.1) is 0 Å². The maximum atomic E-state index is 11.0. The Hall–Kier alpha value is -1.55. The Balaban J connectivity index is 2.29. The van der Waals surface area contributed by atoms with Gasteiger partial charge in [0.15, 0.2) is 0 Å². The molecule has 1 aliphatic rings. The molecule has 0 aromatic heterocycles. The van der Waals surface area contributed by atoms with Gasteiger partial charge < -0.3 is 16.4 Å². The number of anilines is 2. The summed E-state index contributed by atoms with van der Waals surface area (Å²) in [5.74, 6) is 0.0555. The molecule has 1 aromatic rings. The van der Waals surface area contributed by atoms with Crippen molar-refractivity contribution in [1.29, 1.82) is 0 Å². The minimum Gasteiger partial charge on any atom is -0.373 e. The summed E-state index contributed by atoms with van der Waals surface area (Å²) in [5, 5.41) is 5.76. The molecule has 0 bridgehead atoms. The highest BCUT2D eigenvalue weighted by atomic mass is 16.1. The molecule has 1 aliphatic heterocycles. The van der Waals surface area contributed by atoms with E-state index in [0.29, 0.717) is 13.1 Å². The van der Waals surface area contributed by atoms with Crippen LogP contribution in [0.5, 0.6) is 0 Å². The molecule has 0 spiro atoms. The smallest absolute Gasteiger partial charge is 0.228 e. The zero-order valence-electron chi connectivity index (χ0n) is 7.13. The number of nitrogens with one attached hydrogen (secondary N) is 2. The molecule has 0 radical (unpaired) electrons. The normalized spacial score (nSPS) is 13.8. The zero-order chi connectivity index (χ0) is 9.26. The summed E-state index contributed by atoms with van der Waals surface area (Å²) >= 11 is 0. The van der Waals surface area contributed by atoms with Gasteiger partial charge in [0, 0.05) is 11.4 Å². The summed E-state index contributed by atoms with van der Waals surface area (Å²) in [7, 11) is 0. The lowest BCUT2D eigenvalue weighted by Gasteiger charge is -2.04. The fraction of sp³-hybridized carbons (Fsp3) is 0.222. The van der Waals surface area contributed by atoms with E-state index in [4.69, 9.17) is 5.73 Å². The van der Waals surface area contributed by atoms with E-state index in [0.717, 1.165) is 16.9 Å². The molecule has 0 aliphatic carbocycles. The third-order valence-electron chi connectivity index (χ3n) is 2.04. The van der Waals surface area contributed by atoms with Crippen LogP contribution in [0.15, 0.2) is 18.2 Å². The lowest BCUT2D eigenvalue weighted by molar-refractivity contribution is -0.115. The van der Waals surface area contributed by atoms with Crippen LogP contribution in [0.2, 0.25) is 0 Å². The molecule has 0 saturated carbocycles. The summed E-state index contributed by atoms with van der Waals surface area (Å²) in [5.41, 5.74) is 8.24. The van der Waals surface area contributed by atoms with Crippen LogP contribution in [0.1, 0.15) is 5.56 Å². The fourth-order valence-electron chi connectivity index (χ4n) is 1.46. The standard InChI is InChI=1S/C9H11N3O/c10-5-11-7-1-2-8-6(3-7)4-9(13)12-8/h1-3,11H,4-5,10H2,(H,12,13). The molecule has 1 amide bonds. The van der Waals surface area contributed by atoms with Crippen LogP contribution in [-0.2, 0) is 11.2 Å². The number of hydrogen-bond donors (Lipinski definition) is 3. The summed E-state index contributed by atoms with van der Waals surface area (Å²) in [4.78, 5) is 11.0. The largest absolute Gasteiger partial charge is 0.373 e. The molecule has 2 rings (SSSR count). The Morgan fingerprint density at radius 3 is 3.15 bits per heavy atom. The van der Waals surface area contributed by atoms with Gasteiger partial charge in [-0.25, -0.2) is 0 Å². The van der Waals surface area contributed by atoms with E-state index in [2.05, 4.69) is 10.6 Å². The van der Waals surface area contributed by atoms with Crippen molar-refractivity contribution in [3.05, 3.63) is 23.8 Å². The zero-order valence-corrected chi connectivity index (χ0v) is 7.13. The molecule has 1 heterocycles. The van der Waals surface area contributed by atoms with E-state index >= 15 is 0 Å². The van der Waals surface area contributed by atoms with Gasteiger partial charge in [-0.1, -0.05) is 0 Å². The second-order valence-corrected chi connectivity index (χ2v) is 2.98. The quantitative estimate of drug-likeness (QED) is 0.576. The van der Waals surface area contributed by atoms with E-state index in [1.165, 1.54) is 0 Å². The average molecular weight is 177 g/mol. The number of benzene rings is 1. The van der Waals surface area contributed by atoms with Crippen molar-refractivity contribution in [1.82, 2.24) is 0 Å². The predicted octanol–water partition coefficient (Wildman–Crippen LogP) is 0.509. The van der Waals surface area contributed by atoms with Crippen molar-refractivity contribution in [2.75, 3.05) is 17.3 Å². The molecular weight excluding hydrogens is 166 g/mol. The Morgan fingerprint density at radius 1 is 1.54 bits per heavy atom. The molecule has 1 aromatic carbocycles. The van der Waals surface area contributed by atoms with Crippen LogP contribution in [0.25, 0.3) is 0 Å². The first kappa shape index (κ1) is 8.07. The third kappa shape index (κ3) is 1.48. The number of nitrogens with two attached hydrogens (primary N) is 1. The van der Waals surface area contributed by atoms with E-state index in [1.807, 2.05) is 18.2 Å². The van der Waals surface area contributed by atoms with Crippen LogP contribution in [0.3, 0.4) is 0 Å². The van der Waals surface area contributed by atoms with E-state index < -0.39 is 0 Å². The average Bonchev–Trinajstić information content (AvgIpc) is 2.44. The summed E-state index contributed by atoms with van der Waals surface area (Å²) in [6, 6.07) is 5.73. The minimum absolute atomic E-state index is 0.0555. The van der Waals surface area contributed by atoms with Crippen molar-refractivity contribution < 1.29 is 4.79 Å². The number of carbonyl (C=O) groups is 1. The van der Waals surface area contributed by atoms with Gasteiger partial charge in [-0.05, 0) is 23.8 Å². The van der Waals surface area contributed by atoms with Gasteiger partial charge in [0.05, 0.1) is 13.1 Å². The van der Waals surface area contributed by atoms with Crippen molar-refractivity contribution in [2.24, 2.45) is 5.73 Å². The van der Waals surface area contributed by atoms with Crippen LogP contribution in [-0.4, -0.2) is 12.6 Å². The molecule has 0 unspecified atom stereocenters. The molecule has 4 N–H and O–H groups in total. The van der Waals surface area contributed by atoms with Gasteiger partial charge in [-0.3, -0.25) is 4.79 Å². The second-order valence-electron chi connectivity index (χ2n) is 2.98. The summed E-state index contributed by atoms with van der Waals surface area (Å²) in [6.07, 6.45) is 0.468. The second kappa shape index (κ2) is 3.06. The monoisotopic (exact) mass is 177 g/mol. The van der Waals surface area contributed by atoms with Crippen LogP contribution in [0.4, 0.5) is 11.4 Å². The van der Waals surface area contributed by atoms with Crippen LogP contribution >= 0.6 is 0 Å². The van der Waals surface area contributed by atoms with Gasteiger partial charge in [0.25, 0.3) is 0 Å². The minimum atomic E-state index is 0.0555. The molecule has 4 heteroatoms. The highest BCUT2D eigenvalue weighted by Gasteiger charge is 2.16. The molecule has 0 atom stereocenters. The summed E-state index contributed by atoms with van der Waals surface area (Å²) in [6.45, 7) is 0.403. The Morgan fingerprint density at radius 2 is 2.38 bits per heavy atom. The highest BCUT2D eigenvalue weighted by Crippen LogP contribution is 2.25. The van der Waals surface area contributed by atoms with Gasteiger partial charge in [-0.15, -0.1) is 0 Å². The molecule has 13 heavy (non-hydrogen) atoms. The maximum absolute atomic E-state index is 11.0. The van der Waals surface area contributed by atoms with Crippen molar-refractivity contribution in [2.45, 2.75) is 6.42 Å². The van der Waals surface area contributed by atoms with Gasteiger partial charge in [0.2, 0.25) is 5.91 Å². The molecule has 0 fully saturated rings. The van der Waals surface area contributed by atoms with Crippen LogP contribution < -0.4 is 16.4 Å². The topological polar surface area (TPSA) is 67.1 Å². The first-order valence-corrected chi connectivity index (χ1v) is 4.16. The van der Waals surface area contributed by atoms with E-state index in [1.54, 1.807) is 0 Å². The van der Waals surface area contributed by atoms with Crippen molar-refractivity contribution in [3.63, 3.8) is 0 Å². The van der Waals surface area contributed by atoms with E-state index in [-0.39, 0.29) is 5.91 Å². The number of hydrogen-bond acceptors (Lipinski definition) is 3. The molecule has 0 saturated heterocycles. The molecule has 4 nitrogen and oxygen atoms in total. The number of rotatable bonds is 2. The van der Waals surface area contributed by atoms with Gasteiger partial charge >= 0.3 is 0 Å². The fourth-order valence-corrected chi connectivity index (χ4v) is 1.46.